The summed E-state index contributed by atoms with van der Waals surface area (Å²) in [6.45, 7) is 6.93. The molecule has 0 spiro atoms. The summed E-state index contributed by atoms with van der Waals surface area (Å²) in [7, 11) is 0. The second kappa shape index (κ2) is 6.74. The number of rotatable bonds is 4. The molecule has 1 aliphatic heterocycles. The van der Waals surface area contributed by atoms with Crippen LogP contribution in [0, 0.1) is 11.3 Å². The summed E-state index contributed by atoms with van der Waals surface area (Å²) in [6.07, 6.45) is 9.09. The topological polar surface area (TPSA) is 41.1 Å². The van der Waals surface area contributed by atoms with Crippen LogP contribution in [0.5, 0.6) is 0 Å². The van der Waals surface area contributed by atoms with Gasteiger partial charge in [-0.05, 0) is 69.4 Å². The molecular weight excluding hydrogens is 236 g/mol. The third-order valence-electron chi connectivity index (χ3n) is 4.94. The molecular formula is C16H30N2O. The highest BCUT2D eigenvalue weighted by Crippen LogP contribution is 2.35. The molecule has 0 bridgehead atoms. The van der Waals surface area contributed by atoms with Crippen LogP contribution in [0.3, 0.4) is 0 Å². The van der Waals surface area contributed by atoms with E-state index in [4.69, 9.17) is 0 Å². The lowest BCUT2D eigenvalue weighted by atomic mass is 9.75. The third kappa shape index (κ3) is 5.13. The number of nitrogens with one attached hydrogen (secondary N) is 2. The van der Waals surface area contributed by atoms with Gasteiger partial charge in [-0.2, -0.15) is 0 Å². The molecule has 1 heterocycles. The van der Waals surface area contributed by atoms with E-state index < -0.39 is 0 Å². The molecule has 110 valence electrons. The number of amides is 1. The van der Waals surface area contributed by atoms with Crippen molar-refractivity contribution in [3.63, 3.8) is 0 Å². The Kier molecular flexibility index (Phi) is 5.26. The Morgan fingerprint density at radius 2 is 1.79 bits per heavy atom. The van der Waals surface area contributed by atoms with Crippen LogP contribution >= 0.6 is 0 Å². The predicted octanol–water partition coefficient (Wildman–Crippen LogP) is 2.85. The van der Waals surface area contributed by atoms with Crippen molar-refractivity contribution >= 4 is 5.91 Å². The Morgan fingerprint density at radius 1 is 1.16 bits per heavy atom. The van der Waals surface area contributed by atoms with Crippen LogP contribution < -0.4 is 10.6 Å². The van der Waals surface area contributed by atoms with Crippen molar-refractivity contribution in [1.29, 1.82) is 0 Å². The van der Waals surface area contributed by atoms with Crippen LogP contribution in [0.4, 0.5) is 0 Å². The highest BCUT2D eigenvalue weighted by atomic mass is 16.1. The maximum absolute atomic E-state index is 12.0. The Hall–Kier alpha value is -0.570. The van der Waals surface area contributed by atoms with Gasteiger partial charge in [0.2, 0.25) is 5.91 Å². The quantitative estimate of drug-likeness (QED) is 0.821. The maximum Gasteiger partial charge on any atom is 0.220 e. The van der Waals surface area contributed by atoms with Crippen molar-refractivity contribution in [2.75, 3.05) is 13.1 Å². The molecule has 0 atom stereocenters. The molecule has 1 aliphatic carbocycles. The van der Waals surface area contributed by atoms with Gasteiger partial charge in [-0.25, -0.2) is 0 Å². The molecule has 0 aromatic rings. The summed E-state index contributed by atoms with van der Waals surface area (Å²) >= 11 is 0. The first-order chi connectivity index (χ1) is 9.05. The predicted molar refractivity (Wildman–Crippen MR) is 79.0 cm³/mol. The second-order valence-corrected chi connectivity index (χ2v) is 7.24. The van der Waals surface area contributed by atoms with Crippen LogP contribution in [0.1, 0.15) is 65.2 Å². The number of piperidine rings is 1. The van der Waals surface area contributed by atoms with Gasteiger partial charge < -0.3 is 10.6 Å². The molecule has 2 rings (SSSR count). The largest absolute Gasteiger partial charge is 0.353 e. The molecule has 0 radical (unpaired) electrons. The van der Waals surface area contributed by atoms with Crippen molar-refractivity contribution < 1.29 is 4.79 Å². The van der Waals surface area contributed by atoms with Gasteiger partial charge in [0.1, 0.15) is 0 Å². The SMILES string of the molecule is CC1(C)CCC(NC(=O)CCC2CCNCC2)CC1. The molecule has 1 amide bonds. The molecule has 1 saturated heterocycles. The van der Waals surface area contributed by atoms with E-state index in [1.807, 2.05) is 0 Å². The van der Waals surface area contributed by atoms with Gasteiger partial charge in [0.15, 0.2) is 0 Å². The van der Waals surface area contributed by atoms with E-state index in [1.165, 1.54) is 25.7 Å². The van der Waals surface area contributed by atoms with Crippen LogP contribution in [-0.4, -0.2) is 25.0 Å². The summed E-state index contributed by atoms with van der Waals surface area (Å²) in [4.78, 5) is 12.0. The Bertz CT molecular complexity index is 285. The van der Waals surface area contributed by atoms with Crippen molar-refractivity contribution in [3.8, 4) is 0 Å². The van der Waals surface area contributed by atoms with E-state index in [0.29, 0.717) is 11.5 Å². The zero-order valence-electron chi connectivity index (χ0n) is 12.6. The zero-order valence-corrected chi connectivity index (χ0v) is 12.6. The van der Waals surface area contributed by atoms with Gasteiger partial charge in [-0.1, -0.05) is 13.8 Å². The van der Waals surface area contributed by atoms with Gasteiger partial charge in [0.05, 0.1) is 0 Å². The maximum atomic E-state index is 12.0. The average molecular weight is 266 g/mol. The Labute approximate surface area is 117 Å². The van der Waals surface area contributed by atoms with Crippen LogP contribution in [0.25, 0.3) is 0 Å². The molecule has 2 N–H and O–H groups in total. The Morgan fingerprint density at radius 3 is 2.42 bits per heavy atom. The highest BCUT2D eigenvalue weighted by molar-refractivity contribution is 5.76. The van der Waals surface area contributed by atoms with E-state index in [9.17, 15) is 4.79 Å². The van der Waals surface area contributed by atoms with Crippen LogP contribution in [0.2, 0.25) is 0 Å². The van der Waals surface area contributed by atoms with Gasteiger partial charge in [0.25, 0.3) is 0 Å². The fourth-order valence-electron chi connectivity index (χ4n) is 3.35. The Balaban J connectivity index is 1.61. The standard InChI is InChI=1S/C16H30N2O/c1-16(2)9-5-14(6-10-16)18-15(19)4-3-13-7-11-17-12-8-13/h13-14,17H,3-12H2,1-2H3,(H,18,19). The summed E-state index contributed by atoms with van der Waals surface area (Å²) in [6, 6.07) is 0.438. The van der Waals surface area contributed by atoms with Gasteiger partial charge in [-0.15, -0.1) is 0 Å². The first kappa shape index (κ1) is 14.8. The number of hydrogen-bond acceptors (Lipinski definition) is 2. The molecule has 3 nitrogen and oxygen atoms in total. The first-order valence-corrected chi connectivity index (χ1v) is 8.05. The lowest BCUT2D eigenvalue weighted by molar-refractivity contribution is -0.122. The number of carbonyl (C=O) groups is 1. The minimum atomic E-state index is 0.281. The van der Waals surface area contributed by atoms with E-state index in [0.717, 1.165) is 44.7 Å². The molecule has 0 unspecified atom stereocenters. The highest BCUT2D eigenvalue weighted by Gasteiger charge is 2.27. The minimum absolute atomic E-state index is 0.281. The molecule has 2 fully saturated rings. The molecule has 19 heavy (non-hydrogen) atoms. The summed E-state index contributed by atoms with van der Waals surface area (Å²) < 4.78 is 0. The molecule has 2 aliphatic rings. The van der Waals surface area contributed by atoms with E-state index >= 15 is 0 Å². The summed E-state index contributed by atoms with van der Waals surface area (Å²) in [5.74, 6) is 1.04. The molecule has 0 aromatic carbocycles. The fourth-order valence-corrected chi connectivity index (χ4v) is 3.35. The minimum Gasteiger partial charge on any atom is -0.353 e. The van der Waals surface area contributed by atoms with Gasteiger partial charge >= 0.3 is 0 Å². The van der Waals surface area contributed by atoms with E-state index in [2.05, 4.69) is 24.5 Å². The normalized spacial score (nSPS) is 25.2. The van der Waals surface area contributed by atoms with Crippen molar-refractivity contribution in [3.05, 3.63) is 0 Å². The zero-order chi connectivity index (χ0) is 13.7. The second-order valence-electron chi connectivity index (χ2n) is 7.24. The van der Waals surface area contributed by atoms with E-state index in [1.54, 1.807) is 0 Å². The third-order valence-corrected chi connectivity index (χ3v) is 4.94. The van der Waals surface area contributed by atoms with Crippen molar-refractivity contribution in [2.24, 2.45) is 11.3 Å². The monoisotopic (exact) mass is 266 g/mol. The number of hydrogen-bond donors (Lipinski definition) is 2. The average Bonchev–Trinajstić information content (AvgIpc) is 2.40. The molecule has 1 saturated carbocycles. The van der Waals surface area contributed by atoms with Gasteiger partial charge in [-0.3, -0.25) is 4.79 Å². The fraction of sp³-hybridized carbons (Fsp3) is 0.938. The smallest absolute Gasteiger partial charge is 0.220 e. The number of carbonyl (C=O) groups excluding carboxylic acids is 1. The lowest BCUT2D eigenvalue weighted by Gasteiger charge is -2.34. The first-order valence-electron chi connectivity index (χ1n) is 8.05. The van der Waals surface area contributed by atoms with Crippen molar-refractivity contribution in [1.82, 2.24) is 10.6 Å². The van der Waals surface area contributed by atoms with Gasteiger partial charge in [0, 0.05) is 12.5 Å². The summed E-state index contributed by atoms with van der Waals surface area (Å²) in [5.41, 5.74) is 0.482. The summed E-state index contributed by atoms with van der Waals surface area (Å²) in [5, 5.41) is 6.62. The molecule has 0 aromatic heterocycles. The van der Waals surface area contributed by atoms with E-state index in [-0.39, 0.29) is 5.91 Å². The van der Waals surface area contributed by atoms with Crippen LogP contribution in [-0.2, 0) is 4.79 Å². The van der Waals surface area contributed by atoms with Crippen molar-refractivity contribution in [2.45, 2.75) is 71.3 Å². The molecule has 3 heteroatoms. The lowest BCUT2D eigenvalue weighted by Crippen LogP contribution is -2.39. The van der Waals surface area contributed by atoms with Crippen LogP contribution in [0.15, 0.2) is 0 Å².